The van der Waals surface area contributed by atoms with Crippen LogP contribution in [0, 0.1) is 11.6 Å². The molecule has 7 heteroatoms. The number of nitrogens with zero attached hydrogens (tertiary/aromatic N) is 1. The van der Waals surface area contributed by atoms with Gasteiger partial charge in [-0.15, -0.1) is 0 Å². The molecule has 0 radical (unpaired) electrons. The number of carbonyl (C=O) groups is 1. The molecule has 1 heterocycles. The summed E-state index contributed by atoms with van der Waals surface area (Å²) in [5, 5.41) is 2.69. The molecule has 1 amide bonds. The Morgan fingerprint density at radius 1 is 1.08 bits per heavy atom. The largest absolute Gasteiger partial charge is 0.484 e. The Morgan fingerprint density at radius 3 is 2.48 bits per heavy atom. The van der Waals surface area contributed by atoms with E-state index in [9.17, 15) is 13.6 Å². The molecule has 0 saturated carbocycles. The number of anilines is 2. The van der Waals surface area contributed by atoms with E-state index in [1.165, 1.54) is 6.07 Å². The number of hydrogen-bond donors (Lipinski definition) is 1. The summed E-state index contributed by atoms with van der Waals surface area (Å²) in [7, 11) is 0. The lowest BCUT2D eigenvalue weighted by molar-refractivity contribution is -0.118. The highest BCUT2D eigenvalue weighted by Crippen LogP contribution is 2.19. The SMILES string of the molecule is O=C(COc1ccc(F)c(F)c1)Nc1ccc(N2CCOCC2)cc1. The summed E-state index contributed by atoms with van der Waals surface area (Å²) in [5.74, 6) is -2.27. The first-order chi connectivity index (χ1) is 12.1. The lowest BCUT2D eigenvalue weighted by atomic mass is 10.2. The average molecular weight is 348 g/mol. The van der Waals surface area contributed by atoms with Crippen molar-refractivity contribution in [2.24, 2.45) is 0 Å². The molecule has 0 atom stereocenters. The Bertz CT molecular complexity index is 732. The number of ether oxygens (including phenoxy) is 2. The predicted molar refractivity (Wildman–Crippen MR) is 90.0 cm³/mol. The minimum absolute atomic E-state index is 0.0942. The Kier molecular flexibility index (Phi) is 5.45. The summed E-state index contributed by atoms with van der Waals surface area (Å²) in [5.41, 5.74) is 1.70. The molecule has 1 aliphatic rings. The van der Waals surface area contributed by atoms with Crippen LogP contribution in [0.4, 0.5) is 20.2 Å². The van der Waals surface area contributed by atoms with Gasteiger partial charge in [0.15, 0.2) is 18.2 Å². The first-order valence-corrected chi connectivity index (χ1v) is 7.92. The summed E-state index contributed by atoms with van der Waals surface area (Å²) in [6.45, 7) is 2.80. The Labute approximate surface area is 144 Å². The van der Waals surface area contributed by atoms with E-state index in [2.05, 4.69) is 10.2 Å². The molecular weight excluding hydrogens is 330 g/mol. The maximum atomic E-state index is 13.1. The molecule has 1 fully saturated rings. The van der Waals surface area contributed by atoms with Gasteiger partial charge in [0.1, 0.15) is 5.75 Å². The third kappa shape index (κ3) is 4.67. The van der Waals surface area contributed by atoms with Crippen molar-refractivity contribution in [2.75, 3.05) is 43.1 Å². The molecule has 2 aromatic rings. The number of carbonyl (C=O) groups excluding carboxylic acids is 1. The summed E-state index contributed by atoms with van der Waals surface area (Å²) in [4.78, 5) is 14.1. The fourth-order valence-electron chi connectivity index (χ4n) is 2.49. The minimum Gasteiger partial charge on any atom is -0.484 e. The van der Waals surface area contributed by atoms with Crippen LogP contribution in [0.1, 0.15) is 0 Å². The first-order valence-electron chi connectivity index (χ1n) is 7.92. The summed E-state index contributed by atoms with van der Waals surface area (Å²) in [6.07, 6.45) is 0. The third-order valence-corrected chi connectivity index (χ3v) is 3.79. The predicted octanol–water partition coefficient (Wildman–Crippen LogP) is 2.82. The van der Waals surface area contributed by atoms with Crippen LogP contribution in [0.5, 0.6) is 5.75 Å². The lowest BCUT2D eigenvalue weighted by Crippen LogP contribution is -2.36. The number of amides is 1. The number of hydrogen-bond acceptors (Lipinski definition) is 4. The number of benzene rings is 2. The molecular formula is C18H18F2N2O3. The van der Waals surface area contributed by atoms with Crippen molar-refractivity contribution in [3.63, 3.8) is 0 Å². The van der Waals surface area contributed by atoms with E-state index in [4.69, 9.17) is 9.47 Å². The zero-order chi connectivity index (χ0) is 17.6. The molecule has 0 aromatic heterocycles. The number of halogens is 2. The highest BCUT2D eigenvalue weighted by molar-refractivity contribution is 5.92. The second-order valence-corrected chi connectivity index (χ2v) is 5.56. The van der Waals surface area contributed by atoms with Crippen LogP contribution in [0.2, 0.25) is 0 Å². The maximum Gasteiger partial charge on any atom is 0.262 e. The van der Waals surface area contributed by atoms with Crippen molar-refractivity contribution in [2.45, 2.75) is 0 Å². The highest BCUT2D eigenvalue weighted by Gasteiger charge is 2.11. The van der Waals surface area contributed by atoms with Gasteiger partial charge in [-0.2, -0.15) is 0 Å². The molecule has 5 nitrogen and oxygen atoms in total. The Balaban J connectivity index is 1.51. The summed E-state index contributed by atoms with van der Waals surface area (Å²) >= 11 is 0. The molecule has 3 rings (SSSR count). The van der Waals surface area contributed by atoms with Crippen molar-refractivity contribution in [1.29, 1.82) is 0 Å². The lowest BCUT2D eigenvalue weighted by Gasteiger charge is -2.28. The minimum atomic E-state index is -1.02. The molecule has 1 N–H and O–H groups in total. The molecule has 1 aliphatic heterocycles. The van der Waals surface area contributed by atoms with Gasteiger partial charge >= 0.3 is 0 Å². The molecule has 25 heavy (non-hydrogen) atoms. The molecule has 0 spiro atoms. The normalized spacial score (nSPS) is 14.2. The molecule has 0 unspecified atom stereocenters. The fraction of sp³-hybridized carbons (Fsp3) is 0.278. The summed E-state index contributed by atoms with van der Waals surface area (Å²) < 4.78 is 36.4. The standard InChI is InChI=1S/C18H18F2N2O3/c19-16-6-5-15(11-17(16)20)25-12-18(23)21-13-1-3-14(4-2-13)22-7-9-24-10-8-22/h1-6,11H,7-10,12H2,(H,21,23). The van der Waals surface area contributed by atoms with Gasteiger partial charge in [0.05, 0.1) is 13.2 Å². The first kappa shape index (κ1) is 17.2. The monoisotopic (exact) mass is 348 g/mol. The number of nitrogens with one attached hydrogen (secondary N) is 1. The van der Waals surface area contributed by atoms with Crippen LogP contribution in [-0.4, -0.2) is 38.8 Å². The zero-order valence-electron chi connectivity index (χ0n) is 13.5. The van der Waals surface area contributed by atoms with E-state index in [1.54, 1.807) is 12.1 Å². The van der Waals surface area contributed by atoms with Gasteiger partial charge < -0.3 is 19.7 Å². The average Bonchev–Trinajstić information content (AvgIpc) is 2.64. The molecule has 0 aliphatic carbocycles. The molecule has 2 aromatic carbocycles. The van der Waals surface area contributed by atoms with E-state index in [-0.39, 0.29) is 18.3 Å². The van der Waals surface area contributed by atoms with E-state index in [0.29, 0.717) is 18.9 Å². The highest BCUT2D eigenvalue weighted by atomic mass is 19.2. The van der Waals surface area contributed by atoms with Crippen molar-refractivity contribution in [3.05, 3.63) is 54.1 Å². The molecule has 1 saturated heterocycles. The van der Waals surface area contributed by atoms with Crippen LogP contribution in [0.15, 0.2) is 42.5 Å². The van der Waals surface area contributed by atoms with Crippen molar-refractivity contribution in [3.8, 4) is 5.75 Å². The molecule has 0 bridgehead atoms. The topological polar surface area (TPSA) is 50.8 Å². The Morgan fingerprint density at radius 2 is 1.80 bits per heavy atom. The Hall–Kier alpha value is -2.67. The fourth-order valence-corrected chi connectivity index (χ4v) is 2.49. The van der Waals surface area contributed by atoms with E-state index < -0.39 is 11.6 Å². The van der Waals surface area contributed by atoms with Gasteiger partial charge in [-0.05, 0) is 36.4 Å². The second kappa shape index (κ2) is 7.94. The van der Waals surface area contributed by atoms with Gasteiger partial charge in [0.25, 0.3) is 5.91 Å². The quantitative estimate of drug-likeness (QED) is 0.903. The van der Waals surface area contributed by atoms with Gasteiger partial charge in [-0.1, -0.05) is 0 Å². The van der Waals surface area contributed by atoms with Crippen LogP contribution < -0.4 is 15.0 Å². The maximum absolute atomic E-state index is 13.1. The van der Waals surface area contributed by atoms with Crippen molar-refractivity contribution in [1.82, 2.24) is 0 Å². The second-order valence-electron chi connectivity index (χ2n) is 5.56. The van der Waals surface area contributed by atoms with Crippen molar-refractivity contribution < 1.29 is 23.0 Å². The van der Waals surface area contributed by atoms with E-state index in [0.717, 1.165) is 30.9 Å². The molecule has 132 valence electrons. The third-order valence-electron chi connectivity index (χ3n) is 3.79. The van der Waals surface area contributed by atoms with Gasteiger partial charge in [0, 0.05) is 30.5 Å². The van der Waals surface area contributed by atoms with Gasteiger partial charge in [-0.25, -0.2) is 8.78 Å². The zero-order valence-corrected chi connectivity index (χ0v) is 13.5. The van der Waals surface area contributed by atoms with Crippen LogP contribution in [0.25, 0.3) is 0 Å². The van der Waals surface area contributed by atoms with Gasteiger partial charge in [-0.3, -0.25) is 4.79 Å². The summed E-state index contributed by atoms with van der Waals surface area (Å²) in [6, 6.07) is 10.6. The van der Waals surface area contributed by atoms with Gasteiger partial charge in [0.2, 0.25) is 0 Å². The number of morpholine rings is 1. The van der Waals surface area contributed by atoms with E-state index in [1.807, 2.05) is 12.1 Å². The van der Waals surface area contributed by atoms with E-state index >= 15 is 0 Å². The van der Waals surface area contributed by atoms with Crippen LogP contribution in [-0.2, 0) is 9.53 Å². The van der Waals surface area contributed by atoms with Crippen LogP contribution >= 0.6 is 0 Å². The van der Waals surface area contributed by atoms with Crippen molar-refractivity contribution >= 4 is 17.3 Å². The van der Waals surface area contributed by atoms with Crippen LogP contribution in [0.3, 0.4) is 0 Å². The smallest absolute Gasteiger partial charge is 0.262 e. The number of rotatable bonds is 5.